The molecule has 0 saturated heterocycles. The van der Waals surface area contributed by atoms with E-state index in [0.717, 1.165) is 17.8 Å². The molecule has 0 saturated carbocycles. The first-order valence-corrected chi connectivity index (χ1v) is 10.5. The molecule has 1 aromatic carbocycles. The molecule has 0 bridgehead atoms. The maximum absolute atomic E-state index is 2.49. The molecule has 0 aliphatic heterocycles. The molecule has 0 heterocycles. The summed E-state index contributed by atoms with van der Waals surface area (Å²) in [4.78, 5) is 0. The van der Waals surface area contributed by atoms with Gasteiger partial charge in [-0.15, -0.1) is 0 Å². The highest BCUT2D eigenvalue weighted by atomic mass is 14.1. The molecule has 0 heteroatoms. The van der Waals surface area contributed by atoms with Crippen LogP contribution in [0, 0.1) is 17.8 Å². The first-order valence-electron chi connectivity index (χ1n) is 10.5. The fraction of sp³-hybridized carbons (Fsp3) is 0.750. The predicted octanol–water partition coefficient (Wildman–Crippen LogP) is 7.62. The Bertz CT molecular complexity index is 409. The summed E-state index contributed by atoms with van der Waals surface area (Å²) >= 11 is 0. The molecule has 0 spiro atoms. The molecule has 1 rings (SSSR count). The Kier molecular flexibility index (Phi) is 10.4. The lowest BCUT2D eigenvalue weighted by Crippen LogP contribution is -1.99. The van der Waals surface area contributed by atoms with Crippen LogP contribution in [0.3, 0.4) is 0 Å². The van der Waals surface area contributed by atoms with Crippen molar-refractivity contribution in [2.75, 3.05) is 0 Å². The van der Waals surface area contributed by atoms with Crippen LogP contribution in [-0.4, -0.2) is 0 Å². The molecule has 0 aromatic heterocycles. The molecule has 0 aliphatic carbocycles. The summed E-state index contributed by atoms with van der Waals surface area (Å²) in [5.41, 5.74) is 4.73. The van der Waals surface area contributed by atoms with Gasteiger partial charge in [0.15, 0.2) is 0 Å². The lowest BCUT2D eigenvalue weighted by molar-refractivity contribution is 0.527. The number of benzene rings is 1. The van der Waals surface area contributed by atoms with Crippen molar-refractivity contribution in [3.8, 4) is 0 Å². The largest absolute Gasteiger partial charge is 0.0628 e. The lowest BCUT2D eigenvalue weighted by atomic mass is 9.93. The molecule has 24 heavy (non-hydrogen) atoms. The van der Waals surface area contributed by atoms with Crippen molar-refractivity contribution < 1.29 is 0 Å². The van der Waals surface area contributed by atoms with E-state index < -0.39 is 0 Å². The van der Waals surface area contributed by atoms with Crippen LogP contribution in [0.4, 0.5) is 0 Å². The maximum Gasteiger partial charge on any atom is -0.0276 e. The average Bonchev–Trinajstić information content (AvgIpc) is 2.50. The van der Waals surface area contributed by atoms with E-state index in [1.54, 1.807) is 16.7 Å². The minimum absolute atomic E-state index is 0.795. The summed E-state index contributed by atoms with van der Waals surface area (Å²) in [5.74, 6) is 2.44. The van der Waals surface area contributed by atoms with Crippen molar-refractivity contribution in [2.24, 2.45) is 17.8 Å². The summed E-state index contributed by atoms with van der Waals surface area (Å²) in [6.07, 6.45) is 11.9. The lowest BCUT2D eigenvalue weighted by Gasteiger charge is -2.12. The van der Waals surface area contributed by atoms with Gasteiger partial charge in [-0.2, -0.15) is 0 Å². The van der Waals surface area contributed by atoms with Crippen LogP contribution in [0.1, 0.15) is 96.8 Å². The van der Waals surface area contributed by atoms with E-state index in [2.05, 4.69) is 59.7 Å². The quantitative estimate of drug-likeness (QED) is 0.346. The molecule has 0 amide bonds. The summed E-state index contributed by atoms with van der Waals surface area (Å²) < 4.78 is 0. The molecule has 0 atom stereocenters. The van der Waals surface area contributed by atoms with Crippen molar-refractivity contribution in [1.82, 2.24) is 0 Å². The van der Waals surface area contributed by atoms with Gasteiger partial charge in [0.1, 0.15) is 0 Å². The predicted molar refractivity (Wildman–Crippen MR) is 110 cm³/mol. The number of aryl methyl sites for hydroxylation is 3. The van der Waals surface area contributed by atoms with Gasteiger partial charge in [-0.05, 0) is 73.0 Å². The fourth-order valence-electron chi connectivity index (χ4n) is 3.24. The van der Waals surface area contributed by atoms with Crippen LogP contribution < -0.4 is 0 Å². The Hall–Kier alpha value is -0.780. The van der Waals surface area contributed by atoms with Crippen LogP contribution in [0.2, 0.25) is 0 Å². The molecular weight excluding hydrogens is 288 g/mol. The van der Waals surface area contributed by atoms with Crippen LogP contribution in [0.15, 0.2) is 18.2 Å². The molecule has 1 aromatic rings. The van der Waals surface area contributed by atoms with Crippen LogP contribution in [-0.2, 0) is 19.3 Å². The normalized spacial score (nSPS) is 11.9. The smallest absolute Gasteiger partial charge is 0.0276 e. The average molecular weight is 331 g/mol. The van der Waals surface area contributed by atoms with Crippen LogP contribution in [0.25, 0.3) is 0 Å². The molecule has 0 aliphatic rings. The zero-order chi connectivity index (χ0) is 17.9. The molecule has 0 unspecified atom stereocenters. The number of unbranched alkanes of at least 4 members (excludes halogenated alkanes) is 2. The summed E-state index contributed by atoms with van der Waals surface area (Å²) in [5, 5.41) is 0. The standard InChI is InChI=1S/C24H42/c1-19(2)10-8-7-9-11-22-16-23(14-12-20(3)4)18-24(17-22)15-13-21(5)6/h16-21H,7-15H2,1-6H3. The van der Waals surface area contributed by atoms with Gasteiger partial charge in [0.25, 0.3) is 0 Å². The van der Waals surface area contributed by atoms with E-state index in [-0.39, 0.29) is 0 Å². The van der Waals surface area contributed by atoms with Gasteiger partial charge in [0.05, 0.1) is 0 Å². The Balaban J connectivity index is 2.62. The second kappa shape index (κ2) is 11.7. The van der Waals surface area contributed by atoms with E-state index in [0.29, 0.717) is 0 Å². The van der Waals surface area contributed by atoms with Crippen molar-refractivity contribution in [1.29, 1.82) is 0 Å². The second-order valence-corrected chi connectivity index (χ2v) is 9.02. The van der Waals surface area contributed by atoms with Gasteiger partial charge in [0.2, 0.25) is 0 Å². The van der Waals surface area contributed by atoms with E-state index in [1.165, 1.54) is 57.8 Å². The zero-order valence-electron chi connectivity index (χ0n) is 17.3. The van der Waals surface area contributed by atoms with Crippen molar-refractivity contribution >= 4 is 0 Å². The van der Waals surface area contributed by atoms with Gasteiger partial charge in [0, 0.05) is 0 Å². The third-order valence-electron chi connectivity index (χ3n) is 4.88. The second-order valence-electron chi connectivity index (χ2n) is 9.02. The van der Waals surface area contributed by atoms with E-state index in [9.17, 15) is 0 Å². The van der Waals surface area contributed by atoms with Crippen molar-refractivity contribution in [3.63, 3.8) is 0 Å². The maximum atomic E-state index is 2.49. The Labute approximate surface area is 152 Å². The van der Waals surface area contributed by atoms with Gasteiger partial charge in [-0.25, -0.2) is 0 Å². The Morgan fingerprint density at radius 2 is 0.917 bits per heavy atom. The van der Waals surface area contributed by atoms with Gasteiger partial charge < -0.3 is 0 Å². The SMILES string of the molecule is CC(C)CCCCCc1cc(CCC(C)C)cc(CCC(C)C)c1. The Morgan fingerprint density at radius 3 is 1.33 bits per heavy atom. The van der Waals surface area contributed by atoms with Gasteiger partial charge in [-0.3, -0.25) is 0 Å². The monoisotopic (exact) mass is 330 g/mol. The van der Waals surface area contributed by atoms with E-state index in [1.807, 2.05) is 0 Å². The molecule has 138 valence electrons. The van der Waals surface area contributed by atoms with Gasteiger partial charge in [-0.1, -0.05) is 79.0 Å². The summed E-state index contributed by atoms with van der Waals surface area (Å²) in [6.45, 7) is 14.0. The van der Waals surface area contributed by atoms with Gasteiger partial charge >= 0.3 is 0 Å². The van der Waals surface area contributed by atoms with E-state index in [4.69, 9.17) is 0 Å². The summed E-state index contributed by atoms with van der Waals surface area (Å²) in [6, 6.07) is 7.46. The molecule has 0 radical (unpaired) electrons. The van der Waals surface area contributed by atoms with Crippen LogP contribution >= 0.6 is 0 Å². The fourth-order valence-corrected chi connectivity index (χ4v) is 3.24. The zero-order valence-corrected chi connectivity index (χ0v) is 17.3. The first-order chi connectivity index (χ1) is 11.4. The summed E-state index contributed by atoms with van der Waals surface area (Å²) in [7, 11) is 0. The highest BCUT2D eigenvalue weighted by molar-refractivity contribution is 5.30. The first kappa shape index (κ1) is 21.3. The highest BCUT2D eigenvalue weighted by Crippen LogP contribution is 2.19. The molecule has 0 nitrogen and oxygen atoms in total. The van der Waals surface area contributed by atoms with Crippen molar-refractivity contribution in [3.05, 3.63) is 34.9 Å². The number of hydrogen-bond donors (Lipinski definition) is 0. The molecule has 0 N–H and O–H groups in total. The van der Waals surface area contributed by atoms with E-state index >= 15 is 0 Å². The third kappa shape index (κ3) is 10.2. The topological polar surface area (TPSA) is 0 Å². The minimum Gasteiger partial charge on any atom is -0.0628 e. The van der Waals surface area contributed by atoms with Crippen LogP contribution in [0.5, 0.6) is 0 Å². The van der Waals surface area contributed by atoms with Crippen molar-refractivity contribution in [2.45, 2.75) is 99.3 Å². The third-order valence-corrected chi connectivity index (χ3v) is 4.88. The minimum atomic E-state index is 0.795. The highest BCUT2D eigenvalue weighted by Gasteiger charge is 2.05. The Morgan fingerprint density at radius 1 is 0.500 bits per heavy atom. The number of hydrogen-bond acceptors (Lipinski definition) is 0. The molecule has 0 fully saturated rings. The molecular formula is C24H42. The number of rotatable bonds is 12.